The van der Waals surface area contributed by atoms with Crippen LogP contribution in [0.5, 0.6) is 0 Å². The molecule has 2 aromatic carbocycles. The zero-order chi connectivity index (χ0) is 16.0. The van der Waals surface area contributed by atoms with Gasteiger partial charge in [-0.2, -0.15) is 0 Å². The van der Waals surface area contributed by atoms with Gasteiger partial charge in [0.2, 0.25) is 0 Å². The largest absolute Gasteiger partial charge is 0.388 e. The topological polar surface area (TPSA) is 32.3 Å². The summed E-state index contributed by atoms with van der Waals surface area (Å²) in [6.07, 6.45) is 6.10. The lowest BCUT2D eigenvalue weighted by Gasteiger charge is -2.41. The number of hydrogen-bond acceptors (Lipinski definition) is 2. The summed E-state index contributed by atoms with van der Waals surface area (Å²) in [4.78, 5) is 0. The summed E-state index contributed by atoms with van der Waals surface area (Å²) >= 11 is 0. The second kappa shape index (κ2) is 7.76. The molecule has 0 aromatic heterocycles. The molecule has 3 rings (SSSR count). The fraction of sp³-hybridized carbons (Fsp3) is 0.429. The summed E-state index contributed by atoms with van der Waals surface area (Å²) < 4.78 is 0. The Morgan fingerprint density at radius 2 is 1.57 bits per heavy atom. The minimum atomic E-state index is -0.580. The number of aliphatic hydroxyl groups is 1. The van der Waals surface area contributed by atoms with Crippen LogP contribution < -0.4 is 5.32 Å². The van der Waals surface area contributed by atoms with E-state index in [0.29, 0.717) is 0 Å². The van der Waals surface area contributed by atoms with Gasteiger partial charge in [-0.05, 0) is 36.8 Å². The van der Waals surface area contributed by atoms with Crippen LogP contribution in [0.4, 0.5) is 0 Å². The van der Waals surface area contributed by atoms with E-state index in [1.54, 1.807) is 0 Å². The van der Waals surface area contributed by atoms with E-state index < -0.39 is 5.60 Å². The summed E-state index contributed by atoms with van der Waals surface area (Å²) in [5.74, 6) is 0. The van der Waals surface area contributed by atoms with Gasteiger partial charge in [0, 0.05) is 12.6 Å². The first-order valence-electron chi connectivity index (χ1n) is 8.80. The molecule has 0 radical (unpaired) electrons. The van der Waals surface area contributed by atoms with Gasteiger partial charge in [0.1, 0.15) is 0 Å². The Balaban J connectivity index is 1.60. The highest BCUT2D eigenvalue weighted by atomic mass is 16.3. The van der Waals surface area contributed by atoms with Gasteiger partial charge in [0.05, 0.1) is 5.60 Å². The molecule has 0 saturated heterocycles. The fourth-order valence-electron chi connectivity index (χ4n) is 3.66. The lowest BCUT2D eigenvalue weighted by atomic mass is 9.76. The monoisotopic (exact) mass is 309 g/mol. The normalized spacial score (nSPS) is 24.5. The molecule has 2 nitrogen and oxygen atoms in total. The molecule has 0 bridgehead atoms. The lowest BCUT2D eigenvalue weighted by molar-refractivity contribution is -0.0341. The number of rotatable bonds is 6. The molecule has 1 saturated carbocycles. The molecule has 2 heteroatoms. The summed E-state index contributed by atoms with van der Waals surface area (Å²) in [6, 6.07) is 21.1. The van der Waals surface area contributed by atoms with Gasteiger partial charge in [-0.3, -0.25) is 0 Å². The molecule has 2 atom stereocenters. The molecule has 1 aliphatic carbocycles. The van der Waals surface area contributed by atoms with Crippen LogP contribution in [0.3, 0.4) is 0 Å². The zero-order valence-electron chi connectivity index (χ0n) is 13.7. The van der Waals surface area contributed by atoms with Crippen molar-refractivity contribution in [3.05, 3.63) is 71.8 Å². The SMILES string of the molecule is O[C@]1(CCc2ccccc2)CCCC[C@H]1NCc1ccccc1. The maximum absolute atomic E-state index is 11.2. The van der Waals surface area contributed by atoms with Gasteiger partial charge in [-0.25, -0.2) is 0 Å². The Morgan fingerprint density at radius 3 is 2.26 bits per heavy atom. The van der Waals surface area contributed by atoms with Crippen LogP contribution >= 0.6 is 0 Å². The van der Waals surface area contributed by atoms with Crippen LogP contribution in [0.15, 0.2) is 60.7 Å². The second-order valence-electron chi connectivity index (χ2n) is 6.75. The first-order valence-corrected chi connectivity index (χ1v) is 8.80. The molecule has 122 valence electrons. The van der Waals surface area contributed by atoms with E-state index in [2.05, 4.69) is 53.8 Å². The van der Waals surface area contributed by atoms with Crippen LogP contribution in [0.25, 0.3) is 0 Å². The summed E-state index contributed by atoms with van der Waals surface area (Å²) in [6.45, 7) is 0.832. The molecule has 1 fully saturated rings. The van der Waals surface area contributed by atoms with Crippen LogP contribution in [-0.2, 0) is 13.0 Å². The molecular formula is C21H27NO. The predicted octanol–water partition coefficient (Wildman–Crippen LogP) is 4.08. The summed E-state index contributed by atoms with van der Waals surface area (Å²) in [5.41, 5.74) is 2.01. The van der Waals surface area contributed by atoms with Gasteiger partial charge >= 0.3 is 0 Å². The van der Waals surface area contributed by atoms with Crippen molar-refractivity contribution in [2.75, 3.05) is 0 Å². The average molecular weight is 309 g/mol. The van der Waals surface area contributed by atoms with E-state index >= 15 is 0 Å². The van der Waals surface area contributed by atoms with E-state index in [1.165, 1.54) is 17.5 Å². The van der Waals surface area contributed by atoms with E-state index in [4.69, 9.17) is 0 Å². The van der Waals surface area contributed by atoms with Gasteiger partial charge < -0.3 is 10.4 Å². The summed E-state index contributed by atoms with van der Waals surface area (Å²) in [7, 11) is 0. The molecule has 23 heavy (non-hydrogen) atoms. The molecule has 0 unspecified atom stereocenters. The zero-order valence-corrected chi connectivity index (χ0v) is 13.7. The van der Waals surface area contributed by atoms with Gasteiger partial charge in [0.25, 0.3) is 0 Å². The minimum Gasteiger partial charge on any atom is -0.388 e. The Labute approximate surface area is 139 Å². The molecule has 0 aliphatic heterocycles. The van der Waals surface area contributed by atoms with Gasteiger partial charge in [-0.1, -0.05) is 73.5 Å². The smallest absolute Gasteiger partial charge is 0.0803 e. The predicted molar refractivity (Wildman–Crippen MR) is 95.3 cm³/mol. The third-order valence-corrected chi connectivity index (χ3v) is 5.09. The molecular weight excluding hydrogens is 282 g/mol. The highest BCUT2D eigenvalue weighted by molar-refractivity contribution is 5.16. The quantitative estimate of drug-likeness (QED) is 0.842. The Hall–Kier alpha value is -1.64. The number of benzene rings is 2. The molecule has 0 spiro atoms. The summed E-state index contributed by atoms with van der Waals surface area (Å²) in [5, 5.41) is 14.8. The fourth-order valence-corrected chi connectivity index (χ4v) is 3.66. The van der Waals surface area contributed by atoms with Crippen molar-refractivity contribution in [3.8, 4) is 0 Å². The standard InChI is InChI=1S/C21H27NO/c23-21(16-14-18-9-3-1-4-10-18)15-8-7-13-20(21)22-17-19-11-5-2-6-12-19/h1-6,9-12,20,22-23H,7-8,13-17H2/t20-,21+/m1/s1. The maximum atomic E-state index is 11.2. The Morgan fingerprint density at radius 1 is 0.913 bits per heavy atom. The van der Waals surface area contributed by atoms with Crippen LogP contribution in [0, 0.1) is 0 Å². The van der Waals surface area contributed by atoms with E-state index in [9.17, 15) is 5.11 Å². The van der Waals surface area contributed by atoms with Crippen molar-refractivity contribution in [1.29, 1.82) is 0 Å². The molecule has 2 N–H and O–H groups in total. The Kier molecular flexibility index (Phi) is 5.47. The van der Waals surface area contributed by atoms with Gasteiger partial charge in [-0.15, -0.1) is 0 Å². The van der Waals surface area contributed by atoms with Crippen LogP contribution in [0.2, 0.25) is 0 Å². The molecule has 2 aromatic rings. The van der Waals surface area contributed by atoms with Crippen molar-refractivity contribution >= 4 is 0 Å². The van der Waals surface area contributed by atoms with Crippen molar-refractivity contribution in [3.63, 3.8) is 0 Å². The first-order chi connectivity index (χ1) is 11.3. The third-order valence-electron chi connectivity index (χ3n) is 5.09. The van der Waals surface area contributed by atoms with Crippen molar-refractivity contribution in [1.82, 2.24) is 5.32 Å². The van der Waals surface area contributed by atoms with Crippen LogP contribution in [-0.4, -0.2) is 16.7 Å². The van der Waals surface area contributed by atoms with Gasteiger partial charge in [0.15, 0.2) is 0 Å². The first kappa shape index (κ1) is 16.2. The van der Waals surface area contributed by atoms with Crippen molar-refractivity contribution in [2.45, 2.75) is 56.7 Å². The Bertz CT molecular complexity index is 583. The highest BCUT2D eigenvalue weighted by Gasteiger charge is 2.38. The molecule has 0 heterocycles. The average Bonchev–Trinajstić information content (AvgIpc) is 2.61. The number of hydrogen-bond donors (Lipinski definition) is 2. The van der Waals surface area contributed by atoms with Crippen molar-refractivity contribution < 1.29 is 5.11 Å². The third kappa shape index (κ3) is 4.43. The van der Waals surface area contributed by atoms with E-state index in [0.717, 1.165) is 38.6 Å². The van der Waals surface area contributed by atoms with E-state index in [1.807, 2.05) is 12.1 Å². The maximum Gasteiger partial charge on any atom is 0.0803 e. The number of aryl methyl sites for hydroxylation is 1. The van der Waals surface area contributed by atoms with E-state index in [-0.39, 0.29) is 6.04 Å². The molecule has 1 aliphatic rings. The minimum absolute atomic E-state index is 0.195. The second-order valence-corrected chi connectivity index (χ2v) is 6.75. The lowest BCUT2D eigenvalue weighted by Crippen LogP contribution is -2.52. The van der Waals surface area contributed by atoms with Crippen molar-refractivity contribution in [2.24, 2.45) is 0 Å². The molecule has 0 amide bonds. The number of nitrogens with one attached hydrogen (secondary N) is 1. The van der Waals surface area contributed by atoms with Crippen LogP contribution in [0.1, 0.15) is 43.2 Å². The highest BCUT2D eigenvalue weighted by Crippen LogP contribution is 2.32.